The van der Waals surface area contributed by atoms with E-state index in [9.17, 15) is 4.79 Å². The smallest absolute Gasteiger partial charge is 0.309 e. The molecule has 4 nitrogen and oxygen atoms in total. The van der Waals surface area contributed by atoms with E-state index in [0.717, 1.165) is 34.4 Å². The van der Waals surface area contributed by atoms with Crippen LogP contribution in [0.15, 0.2) is 34.9 Å². The zero-order valence-electron chi connectivity index (χ0n) is 13.7. The number of aromatic nitrogens is 2. The van der Waals surface area contributed by atoms with Gasteiger partial charge in [0.15, 0.2) is 0 Å². The minimum Gasteiger partial charge on any atom is -0.466 e. The van der Waals surface area contributed by atoms with Gasteiger partial charge in [-0.3, -0.25) is 4.79 Å². The Hall–Kier alpha value is -1.62. The van der Waals surface area contributed by atoms with Gasteiger partial charge in [0.05, 0.1) is 24.4 Å². The molecule has 1 aromatic carbocycles. The minimum atomic E-state index is -0.0451. The third-order valence-corrected chi connectivity index (χ3v) is 6.07. The molecule has 1 N–H and O–H groups in total. The average Bonchev–Trinajstić information content (AvgIpc) is 3.30. The molecule has 4 atom stereocenters. The maximum atomic E-state index is 12.5. The number of imidazole rings is 1. The monoisotopic (exact) mass is 388 g/mol. The molecule has 2 aromatic rings. The minimum absolute atomic E-state index is 0.0346. The molecule has 2 aliphatic carbocycles. The molecule has 2 bridgehead atoms. The molecule has 2 aliphatic rings. The number of nitrogens with one attached hydrogen (secondary N) is 1. The second kappa shape index (κ2) is 6.36. The summed E-state index contributed by atoms with van der Waals surface area (Å²) in [6.45, 7) is 2.32. The Morgan fingerprint density at radius 1 is 1.29 bits per heavy atom. The summed E-state index contributed by atoms with van der Waals surface area (Å²) in [6.07, 6.45) is 5.35. The van der Waals surface area contributed by atoms with Crippen LogP contribution in [-0.4, -0.2) is 22.5 Å². The maximum Gasteiger partial charge on any atom is 0.309 e. The fraction of sp³-hybridized carbons (Fsp3) is 0.474. The number of nitrogens with zero attached hydrogens (tertiary/aromatic N) is 1. The lowest BCUT2D eigenvalue weighted by Crippen LogP contribution is -2.30. The standard InChI is InChI=1S/C19H21BrN2O2/c1-2-24-19(23)17-13-4-3-12(9-13)16(17)18-21-10-15(22-18)11-5-7-14(20)8-6-11/h5-8,10,12-13,16-17H,2-4,9H2,1H3,(H,21,22)/t12?,13?,16-,17-/m0/s1. The molecule has 2 fully saturated rings. The lowest BCUT2D eigenvalue weighted by Gasteiger charge is -2.27. The summed E-state index contributed by atoms with van der Waals surface area (Å²) in [5.41, 5.74) is 2.11. The van der Waals surface area contributed by atoms with Gasteiger partial charge in [0, 0.05) is 10.4 Å². The van der Waals surface area contributed by atoms with Crippen molar-refractivity contribution in [1.82, 2.24) is 9.97 Å². The third kappa shape index (κ3) is 2.69. The van der Waals surface area contributed by atoms with E-state index in [1.54, 1.807) is 0 Å². The Labute approximate surface area is 150 Å². The van der Waals surface area contributed by atoms with E-state index in [1.165, 1.54) is 6.42 Å². The molecule has 2 saturated carbocycles. The van der Waals surface area contributed by atoms with Gasteiger partial charge in [0.2, 0.25) is 0 Å². The summed E-state index contributed by atoms with van der Waals surface area (Å²) >= 11 is 3.46. The number of ether oxygens (including phenoxy) is 1. The van der Waals surface area contributed by atoms with Crippen molar-refractivity contribution >= 4 is 21.9 Å². The summed E-state index contributed by atoms with van der Waals surface area (Å²) in [6, 6.07) is 8.17. The predicted octanol–water partition coefficient (Wildman–Crippen LogP) is 4.53. The van der Waals surface area contributed by atoms with Crippen LogP contribution in [0.5, 0.6) is 0 Å². The molecule has 4 rings (SSSR count). The van der Waals surface area contributed by atoms with Crippen molar-refractivity contribution in [3.63, 3.8) is 0 Å². The van der Waals surface area contributed by atoms with Crippen molar-refractivity contribution in [2.75, 3.05) is 6.61 Å². The number of rotatable bonds is 4. The van der Waals surface area contributed by atoms with Crippen LogP contribution in [-0.2, 0) is 9.53 Å². The van der Waals surface area contributed by atoms with Crippen LogP contribution >= 0.6 is 15.9 Å². The number of carbonyl (C=O) groups excluding carboxylic acids is 1. The normalized spacial score (nSPS) is 28.2. The largest absolute Gasteiger partial charge is 0.466 e. The van der Waals surface area contributed by atoms with Crippen LogP contribution < -0.4 is 0 Å². The first-order valence-electron chi connectivity index (χ1n) is 8.65. The summed E-state index contributed by atoms with van der Waals surface area (Å²) in [5.74, 6) is 2.04. The van der Waals surface area contributed by atoms with Gasteiger partial charge in [-0.15, -0.1) is 0 Å². The van der Waals surface area contributed by atoms with Gasteiger partial charge in [-0.2, -0.15) is 0 Å². The molecule has 0 saturated heterocycles. The second-order valence-corrected chi connectivity index (χ2v) is 7.74. The zero-order valence-corrected chi connectivity index (χ0v) is 15.3. The maximum absolute atomic E-state index is 12.5. The van der Waals surface area contributed by atoms with Gasteiger partial charge >= 0.3 is 5.97 Å². The van der Waals surface area contributed by atoms with Crippen molar-refractivity contribution in [3.8, 4) is 11.3 Å². The Kier molecular flexibility index (Phi) is 4.21. The number of H-pyrrole nitrogens is 1. The Balaban J connectivity index is 1.63. The molecule has 2 unspecified atom stereocenters. The van der Waals surface area contributed by atoms with Crippen LogP contribution in [0.3, 0.4) is 0 Å². The average molecular weight is 389 g/mol. The van der Waals surface area contributed by atoms with Gasteiger partial charge in [0.25, 0.3) is 0 Å². The number of benzene rings is 1. The lowest BCUT2D eigenvalue weighted by atomic mass is 9.79. The zero-order chi connectivity index (χ0) is 16.7. The Morgan fingerprint density at radius 2 is 2.04 bits per heavy atom. The molecular weight excluding hydrogens is 368 g/mol. The summed E-state index contributed by atoms with van der Waals surface area (Å²) < 4.78 is 6.41. The number of esters is 1. The van der Waals surface area contributed by atoms with Crippen molar-refractivity contribution in [1.29, 1.82) is 0 Å². The van der Waals surface area contributed by atoms with Crippen LogP contribution in [0, 0.1) is 17.8 Å². The quantitative estimate of drug-likeness (QED) is 0.782. The molecule has 126 valence electrons. The van der Waals surface area contributed by atoms with Crippen molar-refractivity contribution in [2.45, 2.75) is 32.1 Å². The summed E-state index contributed by atoms with van der Waals surface area (Å²) in [4.78, 5) is 20.6. The van der Waals surface area contributed by atoms with Gasteiger partial charge in [-0.05, 0) is 55.7 Å². The van der Waals surface area contributed by atoms with Crippen LogP contribution in [0.4, 0.5) is 0 Å². The van der Waals surface area contributed by atoms with Crippen LogP contribution in [0.1, 0.15) is 37.9 Å². The van der Waals surface area contributed by atoms with Gasteiger partial charge in [-0.1, -0.05) is 28.1 Å². The highest BCUT2D eigenvalue weighted by Crippen LogP contribution is 2.56. The van der Waals surface area contributed by atoms with Gasteiger partial charge in [-0.25, -0.2) is 4.98 Å². The van der Waals surface area contributed by atoms with Crippen LogP contribution in [0.2, 0.25) is 0 Å². The van der Waals surface area contributed by atoms with E-state index in [1.807, 2.05) is 25.3 Å². The molecule has 0 spiro atoms. The molecule has 0 amide bonds. The van der Waals surface area contributed by atoms with Gasteiger partial charge in [0.1, 0.15) is 5.82 Å². The molecule has 0 aliphatic heterocycles. The number of hydrogen-bond acceptors (Lipinski definition) is 3. The summed E-state index contributed by atoms with van der Waals surface area (Å²) in [5, 5.41) is 0. The summed E-state index contributed by atoms with van der Waals surface area (Å²) in [7, 11) is 0. The Bertz CT molecular complexity index is 740. The van der Waals surface area contributed by atoms with E-state index < -0.39 is 0 Å². The molecule has 24 heavy (non-hydrogen) atoms. The van der Waals surface area contributed by atoms with Crippen LogP contribution in [0.25, 0.3) is 11.3 Å². The van der Waals surface area contributed by atoms with E-state index in [0.29, 0.717) is 18.4 Å². The molecule has 5 heteroatoms. The van der Waals surface area contributed by atoms with E-state index in [2.05, 4.69) is 38.0 Å². The second-order valence-electron chi connectivity index (χ2n) is 6.83. The highest BCUT2D eigenvalue weighted by molar-refractivity contribution is 9.10. The van der Waals surface area contributed by atoms with Crippen molar-refractivity contribution in [2.24, 2.45) is 17.8 Å². The van der Waals surface area contributed by atoms with E-state index in [-0.39, 0.29) is 17.8 Å². The molecule has 1 aromatic heterocycles. The topological polar surface area (TPSA) is 55.0 Å². The van der Waals surface area contributed by atoms with Crippen molar-refractivity contribution < 1.29 is 9.53 Å². The van der Waals surface area contributed by atoms with E-state index in [4.69, 9.17) is 4.74 Å². The third-order valence-electron chi connectivity index (χ3n) is 5.54. The fourth-order valence-corrected chi connectivity index (χ4v) is 4.81. The predicted molar refractivity (Wildman–Crippen MR) is 95.4 cm³/mol. The first-order valence-corrected chi connectivity index (χ1v) is 9.44. The number of aromatic amines is 1. The first kappa shape index (κ1) is 15.9. The van der Waals surface area contributed by atoms with Crippen molar-refractivity contribution in [3.05, 3.63) is 40.8 Å². The highest BCUT2D eigenvalue weighted by atomic mass is 79.9. The number of fused-ring (bicyclic) bond motifs is 2. The highest BCUT2D eigenvalue weighted by Gasteiger charge is 2.53. The Morgan fingerprint density at radius 3 is 2.79 bits per heavy atom. The molecular formula is C19H21BrN2O2. The lowest BCUT2D eigenvalue weighted by molar-refractivity contribution is -0.150. The number of hydrogen-bond donors (Lipinski definition) is 1. The fourth-order valence-electron chi connectivity index (χ4n) is 4.54. The first-order chi connectivity index (χ1) is 11.7. The molecule has 1 heterocycles. The SMILES string of the molecule is CCOC(=O)[C@H]1C2CCC(C2)[C@@H]1c1ncc(-c2ccc(Br)cc2)[nH]1. The number of carbonyl (C=O) groups is 1. The molecule has 0 radical (unpaired) electrons. The van der Waals surface area contributed by atoms with Gasteiger partial charge < -0.3 is 9.72 Å². The number of halogens is 1. The van der Waals surface area contributed by atoms with E-state index >= 15 is 0 Å².